The van der Waals surface area contributed by atoms with Crippen molar-refractivity contribution in [1.29, 1.82) is 0 Å². The molecule has 8 nitrogen and oxygen atoms in total. The highest BCUT2D eigenvalue weighted by molar-refractivity contribution is 7.16. The summed E-state index contributed by atoms with van der Waals surface area (Å²) in [6, 6.07) is 11.8. The Morgan fingerprint density at radius 3 is 2.90 bits per heavy atom. The van der Waals surface area contributed by atoms with Crippen molar-refractivity contribution in [3.8, 4) is 16.3 Å². The lowest BCUT2D eigenvalue weighted by molar-refractivity contribution is -0.384. The SMILES string of the molecule is Cc1nc(-c2ccc(CCNC(=O)c3ccn(-c4cccc([N+](=O)[O-])c4)n3)s2)cs1. The summed E-state index contributed by atoms with van der Waals surface area (Å²) in [6.45, 7) is 2.47. The maximum Gasteiger partial charge on any atom is 0.271 e. The van der Waals surface area contributed by atoms with Crippen LogP contribution in [0.1, 0.15) is 20.4 Å². The molecule has 0 radical (unpaired) electrons. The first-order valence-corrected chi connectivity index (χ1v) is 10.8. The largest absolute Gasteiger partial charge is 0.350 e. The highest BCUT2D eigenvalue weighted by Crippen LogP contribution is 2.29. The van der Waals surface area contributed by atoms with Crippen LogP contribution in [0.2, 0.25) is 0 Å². The minimum atomic E-state index is -0.466. The van der Waals surface area contributed by atoms with E-state index in [1.165, 1.54) is 16.8 Å². The van der Waals surface area contributed by atoms with Gasteiger partial charge in [0.2, 0.25) is 0 Å². The first-order valence-electron chi connectivity index (χ1n) is 9.09. The first kappa shape index (κ1) is 19.9. The van der Waals surface area contributed by atoms with Crippen molar-refractivity contribution in [2.75, 3.05) is 6.54 Å². The smallest absolute Gasteiger partial charge is 0.271 e. The number of benzene rings is 1. The van der Waals surface area contributed by atoms with E-state index < -0.39 is 4.92 Å². The maximum absolute atomic E-state index is 12.4. The number of amides is 1. The van der Waals surface area contributed by atoms with Gasteiger partial charge in [0.15, 0.2) is 5.69 Å². The third-order valence-electron chi connectivity index (χ3n) is 4.32. The topological polar surface area (TPSA) is 103 Å². The van der Waals surface area contributed by atoms with Crippen molar-refractivity contribution in [1.82, 2.24) is 20.1 Å². The summed E-state index contributed by atoms with van der Waals surface area (Å²) < 4.78 is 1.45. The van der Waals surface area contributed by atoms with Crippen LogP contribution < -0.4 is 5.32 Å². The van der Waals surface area contributed by atoms with Gasteiger partial charge in [-0.3, -0.25) is 14.9 Å². The average molecular weight is 440 g/mol. The molecule has 152 valence electrons. The summed E-state index contributed by atoms with van der Waals surface area (Å²) in [5, 5.41) is 21.1. The van der Waals surface area contributed by atoms with Crippen LogP contribution in [0.5, 0.6) is 0 Å². The number of thiophene rings is 1. The van der Waals surface area contributed by atoms with Gasteiger partial charge in [-0.2, -0.15) is 5.10 Å². The summed E-state index contributed by atoms with van der Waals surface area (Å²) in [6.07, 6.45) is 2.32. The van der Waals surface area contributed by atoms with Gasteiger partial charge in [-0.1, -0.05) is 6.07 Å². The predicted octanol–water partition coefficient (Wildman–Crippen LogP) is 4.25. The van der Waals surface area contributed by atoms with Crippen LogP contribution in [-0.4, -0.2) is 32.1 Å². The molecule has 0 atom stereocenters. The highest BCUT2D eigenvalue weighted by atomic mass is 32.1. The monoisotopic (exact) mass is 439 g/mol. The molecule has 3 heterocycles. The molecule has 0 aliphatic carbocycles. The zero-order valence-corrected chi connectivity index (χ0v) is 17.6. The van der Waals surface area contributed by atoms with E-state index in [1.807, 2.05) is 12.3 Å². The minimum Gasteiger partial charge on any atom is -0.350 e. The van der Waals surface area contributed by atoms with Crippen molar-refractivity contribution in [2.45, 2.75) is 13.3 Å². The van der Waals surface area contributed by atoms with Crippen LogP contribution in [0.4, 0.5) is 5.69 Å². The van der Waals surface area contributed by atoms with Crippen LogP contribution in [-0.2, 0) is 6.42 Å². The zero-order chi connectivity index (χ0) is 21.1. The van der Waals surface area contributed by atoms with Gasteiger partial charge in [0.25, 0.3) is 11.6 Å². The number of nitrogens with zero attached hydrogens (tertiary/aromatic N) is 4. The Morgan fingerprint density at radius 2 is 2.13 bits per heavy atom. The van der Waals surface area contributed by atoms with Crippen LogP contribution in [0, 0.1) is 17.0 Å². The fourth-order valence-electron chi connectivity index (χ4n) is 2.85. The second-order valence-electron chi connectivity index (χ2n) is 6.45. The quantitative estimate of drug-likeness (QED) is 0.343. The van der Waals surface area contributed by atoms with Crippen molar-refractivity contribution in [3.63, 3.8) is 0 Å². The van der Waals surface area contributed by atoms with E-state index in [-0.39, 0.29) is 17.3 Å². The number of hydrogen-bond acceptors (Lipinski definition) is 7. The van der Waals surface area contributed by atoms with Crippen molar-refractivity contribution >= 4 is 34.3 Å². The lowest BCUT2D eigenvalue weighted by Crippen LogP contribution is -2.26. The second kappa shape index (κ2) is 8.56. The predicted molar refractivity (Wildman–Crippen MR) is 116 cm³/mol. The summed E-state index contributed by atoms with van der Waals surface area (Å²) in [4.78, 5) is 29.6. The van der Waals surface area contributed by atoms with Gasteiger partial charge in [0.05, 0.1) is 26.2 Å². The Balaban J connectivity index is 1.35. The van der Waals surface area contributed by atoms with Crippen LogP contribution in [0.15, 0.2) is 54.0 Å². The molecule has 0 spiro atoms. The van der Waals surface area contributed by atoms with Gasteiger partial charge in [-0.05, 0) is 37.6 Å². The number of aryl methyl sites for hydroxylation is 1. The molecular weight excluding hydrogens is 422 g/mol. The maximum atomic E-state index is 12.4. The number of nitrogens with one attached hydrogen (secondary N) is 1. The lowest BCUT2D eigenvalue weighted by atomic mass is 10.3. The number of nitro groups is 1. The van der Waals surface area contributed by atoms with Crippen molar-refractivity contribution in [2.24, 2.45) is 0 Å². The van der Waals surface area contributed by atoms with Crippen LogP contribution in [0.3, 0.4) is 0 Å². The number of nitro benzene ring substituents is 1. The molecule has 0 saturated carbocycles. The Morgan fingerprint density at radius 1 is 1.27 bits per heavy atom. The Hall–Kier alpha value is -3.37. The standard InChI is InChI=1S/C20H17N5O3S2/c1-13-22-18(12-29-13)19-6-5-16(30-19)7-9-21-20(26)17-8-10-24(23-17)14-3-2-4-15(11-14)25(27)28/h2-6,8,10-12H,7,9H2,1H3,(H,21,26). The zero-order valence-electron chi connectivity index (χ0n) is 15.9. The van der Waals surface area contributed by atoms with E-state index in [0.29, 0.717) is 18.7 Å². The number of carbonyl (C=O) groups is 1. The summed E-state index contributed by atoms with van der Waals surface area (Å²) in [5.41, 5.74) is 1.74. The number of non-ortho nitro benzene ring substituents is 1. The van der Waals surface area contributed by atoms with E-state index in [0.717, 1.165) is 20.5 Å². The third-order valence-corrected chi connectivity index (χ3v) is 6.26. The van der Waals surface area contributed by atoms with E-state index in [4.69, 9.17) is 0 Å². The number of aromatic nitrogens is 3. The number of hydrogen-bond donors (Lipinski definition) is 1. The van der Waals surface area contributed by atoms with Gasteiger partial charge in [0, 0.05) is 35.1 Å². The molecule has 0 aliphatic rings. The Labute approximate surface area is 180 Å². The molecule has 0 saturated heterocycles. The molecule has 0 unspecified atom stereocenters. The van der Waals surface area contributed by atoms with E-state index >= 15 is 0 Å². The summed E-state index contributed by atoms with van der Waals surface area (Å²) >= 11 is 3.30. The fraction of sp³-hybridized carbons (Fsp3) is 0.150. The average Bonchev–Trinajstić information content (AvgIpc) is 3.48. The van der Waals surface area contributed by atoms with E-state index in [1.54, 1.807) is 47.1 Å². The number of carbonyl (C=O) groups excluding carboxylic acids is 1. The van der Waals surface area contributed by atoms with E-state index in [2.05, 4.69) is 27.5 Å². The molecule has 0 fully saturated rings. The molecule has 4 rings (SSSR count). The lowest BCUT2D eigenvalue weighted by Gasteiger charge is -2.03. The summed E-state index contributed by atoms with van der Waals surface area (Å²) in [5.74, 6) is -0.286. The van der Waals surface area contributed by atoms with Crippen molar-refractivity contribution < 1.29 is 9.72 Å². The molecule has 4 aromatic rings. The van der Waals surface area contributed by atoms with Gasteiger partial charge in [0.1, 0.15) is 0 Å². The molecule has 1 amide bonds. The number of thiazole rings is 1. The normalized spacial score (nSPS) is 10.8. The Kier molecular flexibility index (Phi) is 5.68. The fourth-order valence-corrected chi connectivity index (χ4v) is 4.51. The van der Waals surface area contributed by atoms with Gasteiger partial charge in [-0.15, -0.1) is 22.7 Å². The van der Waals surface area contributed by atoms with Gasteiger partial charge < -0.3 is 5.32 Å². The van der Waals surface area contributed by atoms with Gasteiger partial charge in [-0.25, -0.2) is 9.67 Å². The van der Waals surface area contributed by atoms with Crippen LogP contribution >= 0.6 is 22.7 Å². The molecule has 0 bridgehead atoms. The van der Waals surface area contributed by atoms with Crippen molar-refractivity contribution in [3.05, 3.63) is 79.7 Å². The summed E-state index contributed by atoms with van der Waals surface area (Å²) in [7, 11) is 0. The van der Waals surface area contributed by atoms with E-state index in [9.17, 15) is 14.9 Å². The molecule has 3 aromatic heterocycles. The third kappa shape index (κ3) is 4.44. The van der Waals surface area contributed by atoms with Crippen LogP contribution in [0.25, 0.3) is 16.3 Å². The molecular formula is C20H17N5O3S2. The molecule has 30 heavy (non-hydrogen) atoms. The highest BCUT2D eigenvalue weighted by Gasteiger charge is 2.12. The van der Waals surface area contributed by atoms with Gasteiger partial charge >= 0.3 is 0 Å². The molecule has 1 aromatic carbocycles. The molecule has 0 aliphatic heterocycles. The minimum absolute atomic E-state index is 0.0304. The second-order valence-corrected chi connectivity index (χ2v) is 8.68. The number of rotatable bonds is 7. The molecule has 1 N–H and O–H groups in total. The first-order chi connectivity index (χ1) is 14.5. The Bertz CT molecular complexity index is 1210. The molecule has 10 heteroatoms.